The zero-order valence-corrected chi connectivity index (χ0v) is 17.3. The van der Waals surface area contributed by atoms with E-state index in [0.29, 0.717) is 5.71 Å². The van der Waals surface area contributed by atoms with E-state index in [-0.39, 0.29) is 11.5 Å². The quantitative estimate of drug-likeness (QED) is 0.199. The van der Waals surface area contributed by atoms with Gasteiger partial charge >= 0.3 is 15.6 Å². The second-order valence-electron chi connectivity index (χ2n) is 6.32. The van der Waals surface area contributed by atoms with Crippen LogP contribution in [0.25, 0.3) is 0 Å². The Balaban J connectivity index is 2.22. The van der Waals surface area contributed by atoms with Crippen LogP contribution >= 0.6 is 15.6 Å². The van der Waals surface area contributed by atoms with Gasteiger partial charge in [0.05, 0.1) is 12.9 Å². The predicted octanol–water partition coefficient (Wildman–Crippen LogP) is 0.0435. The average Bonchev–Trinajstić information content (AvgIpc) is 3.05. The third kappa shape index (κ3) is 6.09. The first-order valence-electron chi connectivity index (χ1n) is 8.07. The Morgan fingerprint density at radius 1 is 1.24 bits per heavy atom. The lowest BCUT2D eigenvalue weighted by Gasteiger charge is -2.18. The summed E-state index contributed by atoms with van der Waals surface area (Å²) in [4.78, 5) is 46.4. The van der Waals surface area contributed by atoms with Crippen molar-refractivity contribution in [1.82, 2.24) is 9.55 Å². The molecule has 0 radical (unpaired) electrons. The summed E-state index contributed by atoms with van der Waals surface area (Å²) < 4.78 is 36.9. The molecule has 2 rings (SSSR count). The number of phosphoric ester groups is 1. The highest BCUT2D eigenvalue weighted by Gasteiger charge is 2.46. The van der Waals surface area contributed by atoms with Crippen LogP contribution in [0, 0.1) is 0 Å². The van der Waals surface area contributed by atoms with E-state index in [0.717, 1.165) is 0 Å². The molecule has 0 spiro atoms. The third-order valence-corrected chi connectivity index (χ3v) is 5.81. The van der Waals surface area contributed by atoms with Gasteiger partial charge in [0.15, 0.2) is 23.5 Å². The maximum atomic E-state index is 11.8. The van der Waals surface area contributed by atoms with Gasteiger partial charge < -0.3 is 29.6 Å². The molecule has 0 aliphatic carbocycles. The number of ether oxygens (including phenoxy) is 1. The van der Waals surface area contributed by atoms with Crippen LogP contribution in [0.2, 0.25) is 0 Å². The molecule has 14 nitrogen and oxygen atoms in total. The van der Waals surface area contributed by atoms with Gasteiger partial charge in [-0.3, -0.25) is 13.9 Å². The summed E-state index contributed by atoms with van der Waals surface area (Å²) in [5.41, 5.74) is 0.573. The molecule has 5 N–H and O–H groups in total. The lowest BCUT2D eigenvalue weighted by atomic mass is 10.1. The van der Waals surface area contributed by atoms with E-state index in [4.69, 9.17) is 14.5 Å². The molecule has 0 bridgehead atoms. The molecule has 2 heterocycles. The van der Waals surface area contributed by atoms with Gasteiger partial charge in [-0.25, -0.2) is 19.1 Å². The van der Waals surface area contributed by atoms with Crippen molar-refractivity contribution in [3.8, 4) is 0 Å². The highest BCUT2D eigenvalue weighted by atomic mass is 31.3. The minimum atomic E-state index is -5.31. The van der Waals surface area contributed by atoms with Crippen molar-refractivity contribution in [3.05, 3.63) is 12.0 Å². The van der Waals surface area contributed by atoms with E-state index in [9.17, 15) is 29.0 Å². The zero-order chi connectivity index (χ0) is 22.1. The number of Topliss-reactive ketones (excluding diaryl/α,β-unsaturated/α-hetero) is 1. The van der Waals surface area contributed by atoms with Crippen molar-refractivity contribution in [3.63, 3.8) is 0 Å². The molecule has 1 fully saturated rings. The molecule has 1 aromatic rings. The molecule has 1 aliphatic rings. The summed E-state index contributed by atoms with van der Waals surface area (Å²) >= 11 is 0. The smallest absolute Gasteiger partial charge is 0.387 e. The van der Waals surface area contributed by atoms with Crippen LogP contribution in [-0.2, 0) is 22.7 Å². The summed E-state index contributed by atoms with van der Waals surface area (Å²) in [6, 6.07) is 0. The Bertz CT molecular complexity index is 891. The van der Waals surface area contributed by atoms with Gasteiger partial charge in [-0.1, -0.05) is 0 Å². The number of phosphoric acid groups is 2. The topological polar surface area (TPSA) is 210 Å². The number of ketones is 1. The number of hydrogen-bond donors (Lipinski definition) is 5. The molecular formula is C13H21N3O11P2. The second kappa shape index (κ2) is 8.82. The third-order valence-electron chi connectivity index (χ3n) is 3.65. The van der Waals surface area contributed by atoms with Gasteiger partial charge in [0.2, 0.25) is 0 Å². The van der Waals surface area contributed by atoms with Crippen LogP contribution in [0.4, 0.5) is 5.82 Å². The molecule has 0 saturated carbocycles. The van der Waals surface area contributed by atoms with E-state index in [2.05, 4.69) is 18.8 Å². The SMILES string of the molecule is CC(=O)c1ncn([C@@H]2O[C@H](COP(=O)(O)OP(=O)(O)O)C(O)[C@@H]2O)c1N=C(C)C. The minimum absolute atomic E-state index is 0.00564. The molecule has 1 aliphatic heterocycles. The summed E-state index contributed by atoms with van der Waals surface area (Å²) in [6.45, 7) is 3.76. The van der Waals surface area contributed by atoms with Crippen LogP contribution in [0.1, 0.15) is 37.5 Å². The fourth-order valence-corrected chi connectivity index (χ4v) is 4.13. The zero-order valence-electron chi connectivity index (χ0n) is 15.5. The van der Waals surface area contributed by atoms with Gasteiger partial charge in [-0.2, -0.15) is 4.31 Å². The van der Waals surface area contributed by atoms with Gasteiger partial charge in [-0.15, -0.1) is 0 Å². The van der Waals surface area contributed by atoms with Crippen molar-refractivity contribution < 1.29 is 52.4 Å². The number of aromatic nitrogens is 2. The van der Waals surface area contributed by atoms with Crippen molar-refractivity contribution in [2.75, 3.05) is 6.61 Å². The molecule has 1 aromatic heterocycles. The van der Waals surface area contributed by atoms with Crippen molar-refractivity contribution >= 4 is 33.0 Å². The van der Waals surface area contributed by atoms with Gasteiger partial charge in [0.25, 0.3) is 0 Å². The highest BCUT2D eigenvalue weighted by Crippen LogP contribution is 2.57. The first kappa shape index (κ1) is 24.0. The van der Waals surface area contributed by atoms with Gasteiger partial charge in [-0.05, 0) is 13.8 Å². The Kier molecular flexibility index (Phi) is 7.29. The number of imidazole rings is 1. The molecular weight excluding hydrogens is 436 g/mol. The standard InChI is InChI=1S/C13H21N3O11P2/c1-6(2)15-12-9(7(3)17)14-5-16(12)13-11(19)10(18)8(26-13)4-25-29(23,24)27-28(20,21)22/h5,8,10-11,13,18-19H,4H2,1-3H3,(H,23,24)(H2,20,21,22)/t8-,10?,11+,13-/m1/s1. The highest BCUT2D eigenvalue weighted by molar-refractivity contribution is 7.60. The first-order valence-corrected chi connectivity index (χ1v) is 11.1. The van der Waals surface area contributed by atoms with Crippen molar-refractivity contribution in [2.24, 2.45) is 4.99 Å². The van der Waals surface area contributed by atoms with Crippen molar-refractivity contribution in [2.45, 2.75) is 45.3 Å². The van der Waals surface area contributed by atoms with E-state index in [1.54, 1.807) is 13.8 Å². The molecule has 29 heavy (non-hydrogen) atoms. The minimum Gasteiger partial charge on any atom is -0.387 e. The van der Waals surface area contributed by atoms with Gasteiger partial charge in [0, 0.05) is 12.6 Å². The van der Waals surface area contributed by atoms with E-state index >= 15 is 0 Å². The lowest BCUT2D eigenvalue weighted by Crippen LogP contribution is -2.33. The van der Waals surface area contributed by atoms with Crippen LogP contribution in [0.3, 0.4) is 0 Å². The molecule has 164 valence electrons. The second-order valence-corrected chi connectivity index (χ2v) is 9.15. The maximum Gasteiger partial charge on any atom is 0.481 e. The van der Waals surface area contributed by atoms with Crippen LogP contribution in [0.5, 0.6) is 0 Å². The summed E-state index contributed by atoms with van der Waals surface area (Å²) in [6.07, 6.45) is -4.66. The number of aliphatic hydroxyl groups is 2. The number of hydrogen-bond acceptors (Lipinski definition) is 10. The Hall–Kier alpha value is -1.31. The number of rotatable bonds is 8. The number of nitrogens with zero attached hydrogens (tertiary/aromatic N) is 3. The van der Waals surface area contributed by atoms with E-state index in [1.165, 1.54) is 17.8 Å². The molecule has 5 atom stereocenters. The monoisotopic (exact) mass is 457 g/mol. The maximum absolute atomic E-state index is 11.8. The molecule has 0 aromatic carbocycles. The Morgan fingerprint density at radius 3 is 2.38 bits per heavy atom. The normalized spacial score (nSPS) is 26.9. The van der Waals surface area contributed by atoms with Crippen LogP contribution in [-0.4, -0.2) is 70.9 Å². The fraction of sp³-hybridized carbons (Fsp3) is 0.615. The number of aliphatic imine (C=N–C) groups is 1. The lowest BCUT2D eigenvalue weighted by molar-refractivity contribution is -0.0512. The average molecular weight is 457 g/mol. The summed E-state index contributed by atoms with van der Waals surface area (Å²) in [7, 11) is -10.5. The number of carbonyl (C=O) groups excluding carboxylic acids is 1. The molecule has 16 heteroatoms. The summed E-state index contributed by atoms with van der Waals surface area (Å²) in [5.74, 6) is -0.319. The molecule has 1 saturated heterocycles. The molecule has 2 unspecified atom stereocenters. The fourth-order valence-electron chi connectivity index (χ4n) is 2.53. The number of aliphatic hydroxyl groups excluding tert-OH is 2. The molecule has 0 amide bonds. The Labute approximate surface area is 164 Å². The first-order chi connectivity index (χ1) is 13.2. The van der Waals surface area contributed by atoms with Crippen LogP contribution in [0.15, 0.2) is 11.3 Å². The Morgan fingerprint density at radius 2 is 1.86 bits per heavy atom. The van der Waals surface area contributed by atoms with Crippen LogP contribution < -0.4 is 0 Å². The van der Waals surface area contributed by atoms with Gasteiger partial charge in [0.1, 0.15) is 18.3 Å². The predicted molar refractivity (Wildman–Crippen MR) is 95.5 cm³/mol. The summed E-state index contributed by atoms with van der Waals surface area (Å²) in [5, 5.41) is 20.5. The largest absolute Gasteiger partial charge is 0.481 e. The van der Waals surface area contributed by atoms with E-state index in [1.807, 2.05) is 0 Å². The van der Waals surface area contributed by atoms with Crippen molar-refractivity contribution in [1.29, 1.82) is 0 Å². The number of carbonyl (C=O) groups is 1. The van der Waals surface area contributed by atoms with E-state index < -0.39 is 52.6 Å².